The summed E-state index contributed by atoms with van der Waals surface area (Å²) in [6.45, 7) is 4.12. The van der Waals surface area contributed by atoms with Gasteiger partial charge in [0.25, 0.3) is 0 Å². The van der Waals surface area contributed by atoms with Crippen molar-refractivity contribution in [1.29, 1.82) is 0 Å². The predicted octanol–water partition coefficient (Wildman–Crippen LogP) is 5.49. The van der Waals surface area contributed by atoms with E-state index in [-0.39, 0.29) is 16.2 Å². The van der Waals surface area contributed by atoms with Crippen LogP contribution in [0.4, 0.5) is 4.39 Å². The number of hydrogen-bond acceptors (Lipinski definition) is 2. The highest BCUT2D eigenvalue weighted by Crippen LogP contribution is 2.35. The minimum absolute atomic E-state index is 0.192. The maximum atomic E-state index is 13.9. The molecule has 0 atom stereocenters. The Kier molecular flexibility index (Phi) is 4.95. The molecule has 2 nitrogen and oxygen atoms in total. The van der Waals surface area contributed by atoms with Crippen LogP contribution in [0.15, 0.2) is 24.3 Å². The zero-order chi connectivity index (χ0) is 14.7. The summed E-state index contributed by atoms with van der Waals surface area (Å²) in [5.41, 5.74) is 0.666. The molecule has 1 aromatic carbocycles. The molecule has 0 saturated carbocycles. The average Bonchev–Trinajstić information content (AvgIpc) is 2.41. The lowest BCUT2D eigenvalue weighted by Crippen LogP contribution is -2.05. The van der Waals surface area contributed by atoms with E-state index in [1.165, 1.54) is 6.07 Å². The van der Waals surface area contributed by atoms with Gasteiger partial charge in [-0.3, -0.25) is 0 Å². The van der Waals surface area contributed by atoms with Gasteiger partial charge >= 0.3 is 0 Å². The first-order valence-electron chi connectivity index (χ1n) is 6.56. The molecule has 0 saturated heterocycles. The first-order valence-corrected chi connectivity index (χ1v) is 7.31. The highest BCUT2D eigenvalue weighted by molar-refractivity contribution is 6.37. The SMILES string of the molecule is CCC(CC)c1nc(Cl)c(-c2ccccc2F)c(Cl)n1. The normalized spacial score (nSPS) is 11.1. The van der Waals surface area contributed by atoms with Gasteiger partial charge in [0.1, 0.15) is 21.9 Å². The van der Waals surface area contributed by atoms with E-state index in [0.29, 0.717) is 17.0 Å². The van der Waals surface area contributed by atoms with E-state index in [4.69, 9.17) is 23.2 Å². The highest BCUT2D eigenvalue weighted by atomic mass is 35.5. The molecule has 2 rings (SSSR count). The van der Waals surface area contributed by atoms with Gasteiger partial charge < -0.3 is 0 Å². The lowest BCUT2D eigenvalue weighted by Gasteiger charge is -2.14. The largest absolute Gasteiger partial charge is 0.220 e. The summed E-state index contributed by atoms with van der Waals surface area (Å²) in [6.07, 6.45) is 1.81. The van der Waals surface area contributed by atoms with E-state index in [1.54, 1.807) is 18.2 Å². The van der Waals surface area contributed by atoms with Crippen LogP contribution in [0.25, 0.3) is 11.1 Å². The smallest absolute Gasteiger partial charge is 0.142 e. The standard InChI is InChI=1S/C15H15Cl2FN2/c1-3-9(4-2)15-19-13(16)12(14(17)20-15)10-7-5-6-8-11(10)18/h5-9H,3-4H2,1-2H3. The van der Waals surface area contributed by atoms with Gasteiger partial charge in [0.05, 0.1) is 5.56 Å². The van der Waals surface area contributed by atoms with Crippen molar-refractivity contribution < 1.29 is 4.39 Å². The quantitative estimate of drug-likeness (QED) is 0.697. The summed E-state index contributed by atoms with van der Waals surface area (Å²) >= 11 is 12.4. The fraction of sp³-hybridized carbons (Fsp3) is 0.333. The summed E-state index contributed by atoms with van der Waals surface area (Å²) < 4.78 is 13.9. The third kappa shape index (κ3) is 2.94. The molecule has 1 aromatic heterocycles. The maximum Gasteiger partial charge on any atom is 0.142 e. The van der Waals surface area contributed by atoms with Crippen molar-refractivity contribution in [2.24, 2.45) is 0 Å². The molecule has 0 N–H and O–H groups in total. The van der Waals surface area contributed by atoms with Crippen molar-refractivity contribution in [1.82, 2.24) is 9.97 Å². The van der Waals surface area contributed by atoms with E-state index >= 15 is 0 Å². The van der Waals surface area contributed by atoms with Crippen molar-refractivity contribution in [3.8, 4) is 11.1 Å². The summed E-state index contributed by atoms with van der Waals surface area (Å²) in [5, 5.41) is 0.383. The van der Waals surface area contributed by atoms with Gasteiger partial charge in [-0.1, -0.05) is 55.2 Å². The molecule has 1 heterocycles. The third-order valence-electron chi connectivity index (χ3n) is 3.33. The van der Waals surface area contributed by atoms with Gasteiger partial charge in [0.2, 0.25) is 0 Å². The van der Waals surface area contributed by atoms with Crippen molar-refractivity contribution in [2.45, 2.75) is 32.6 Å². The molecule has 0 unspecified atom stereocenters. The predicted molar refractivity (Wildman–Crippen MR) is 80.8 cm³/mol. The maximum absolute atomic E-state index is 13.9. The number of benzene rings is 1. The van der Waals surface area contributed by atoms with Crippen LogP contribution in [0.3, 0.4) is 0 Å². The fourth-order valence-electron chi connectivity index (χ4n) is 2.15. The van der Waals surface area contributed by atoms with Crippen molar-refractivity contribution in [3.63, 3.8) is 0 Å². The minimum atomic E-state index is -0.393. The Bertz CT molecular complexity index is 590. The van der Waals surface area contributed by atoms with Gasteiger partial charge in [0, 0.05) is 11.5 Å². The Balaban J connectivity index is 2.55. The summed E-state index contributed by atoms with van der Waals surface area (Å²) in [6, 6.07) is 6.30. The molecule has 0 amide bonds. The monoisotopic (exact) mass is 312 g/mol. The molecular weight excluding hydrogens is 298 g/mol. The Morgan fingerprint density at radius 2 is 1.60 bits per heavy atom. The zero-order valence-corrected chi connectivity index (χ0v) is 12.8. The number of aromatic nitrogens is 2. The lowest BCUT2D eigenvalue weighted by molar-refractivity contribution is 0.601. The molecule has 0 aliphatic carbocycles. The van der Waals surface area contributed by atoms with Gasteiger partial charge in [-0.15, -0.1) is 0 Å². The fourth-order valence-corrected chi connectivity index (χ4v) is 2.75. The summed E-state index contributed by atoms with van der Waals surface area (Å²) in [5.74, 6) is 0.431. The number of hydrogen-bond donors (Lipinski definition) is 0. The first kappa shape index (κ1) is 15.2. The third-order valence-corrected chi connectivity index (χ3v) is 3.88. The molecule has 2 aromatic rings. The molecule has 0 bridgehead atoms. The first-order chi connectivity index (χ1) is 9.58. The van der Waals surface area contributed by atoms with E-state index in [1.807, 2.05) is 0 Å². The molecule has 20 heavy (non-hydrogen) atoms. The van der Waals surface area contributed by atoms with Crippen LogP contribution in [0, 0.1) is 5.82 Å². The van der Waals surface area contributed by atoms with Crippen molar-refractivity contribution in [3.05, 3.63) is 46.2 Å². The topological polar surface area (TPSA) is 25.8 Å². The van der Waals surface area contributed by atoms with Gasteiger partial charge in [-0.2, -0.15) is 0 Å². The van der Waals surface area contributed by atoms with Crippen LogP contribution in [-0.4, -0.2) is 9.97 Å². The van der Waals surface area contributed by atoms with E-state index in [9.17, 15) is 4.39 Å². The van der Waals surface area contributed by atoms with Crippen LogP contribution in [0.2, 0.25) is 10.3 Å². The molecular formula is C15H15Cl2FN2. The Morgan fingerprint density at radius 3 is 2.10 bits per heavy atom. The van der Waals surface area contributed by atoms with E-state index in [2.05, 4.69) is 23.8 Å². The van der Waals surface area contributed by atoms with Crippen molar-refractivity contribution in [2.75, 3.05) is 0 Å². The number of halogens is 3. The van der Waals surface area contributed by atoms with E-state index < -0.39 is 5.82 Å². The van der Waals surface area contributed by atoms with Crippen LogP contribution in [-0.2, 0) is 0 Å². The van der Waals surface area contributed by atoms with E-state index in [0.717, 1.165) is 12.8 Å². The van der Waals surface area contributed by atoms with Crippen molar-refractivity contribution >= 4 is 23.2 Å². The molecule has 0 spiro atoms. The van der Waals surface area contributed by atoms with Crippen LogP contribution in [0.5, 0.6) is 0 Å². The Labute approximate surface area is 128 Å². The second kappa shape index (κ2) is 6.51. The highest BCUT2D eigenvalue weighted by Gasteiger charge is 2.19. The minimum Gasteiger partial charge on any atom is -0.220 e. The zero-order valence-electron chi connectivity index (χ0n) is 11.3. The second-order valence-corrected chi connectivity index (χ2v) is 5.25. The molecule has 0 aliphatic rings. The molecule has 0 fully saturated rings. The molecule has 5 heteroatoms. The van der Waals surface area contributed by atoms with Gasteiger partial charge in [0.15, 0.2) is 0 Å². The Morgan fingerprint density at radius 1 is 1.05 bits per heavy atom. The number of rotatable bonds is 4. The molecule has 106 valence electrons. The van der Waals surface area contributed by atoms with Crippen LogP contribution in [0.1, 0.15) is 38.4 Å². The molecule has 0 radical (unpaired) electrons. The van der Waals surface area contributed by atoms with Crippen LogP contribution < -0.4 is 0 Å². The Hall–Kier alpha value is -1.19. The van der Waals surface area contributed by atoms with Crippen LogP contribution >= 0.6 is 23.2 Å². The summed E-state index contributed by atoms with van der Waals surface area (Å²) in [4.78, 5) is 8.59. The van der Waals surface area contributed by atoms with Gasteiger partial charge in [-0.05, 0) is 18.9 Å². The average molecular weight is 313 g/mol. The number of nitrogens with zero attached hydrogens (tertiary/aromatic N) is 2. The van der Waals surface area contributed by atoms with Gasteiger partial charge in [-0.25, -0.2) is 14.4 Å². The summed E-state index contributed by atoms with van der Waals surface area (Å²) in [7, 11) is 0. The molecule has 0 aliphatic heterocycles. The second-order valence-electron chi connectivity index (χ2n) is 4.53. The lowest BCUT2D eigenvalue weighted by atomic mass is 10.0.